The zero-order valence-corrected chi connectivity index (χ0v) is 27.6. The lowest BCUT2D eigenvalue weighted by atomic mass is 10.0. The summed E-state index contributed by atoms with van der Waals surface area (Å²) < 4.78 is 21.1. The molecule has 0 bridgehead atoms. The fourth-order valence-corrected chi connectivity index (χ4v) is 6.36. The number of hydrogen-bond donors (Lipinski definition) is 5. The van der Waals surface area contributed by atoms with E-state index < -0.39 is 5.82 Å². The highest BCUT2D eigenvalue weighted by molar-refractivity contribution is 6.35. The molecule has 0 radical (unpaired) electrons. The van der Waals surface area contributed by atoms with Crippen LogP contribution in [0.2, 0.25) is 5.02 Å². The lowest BCUT2D eigenvalue weighted by Gasteiger charge is -2.17. The van der Waals surface area contributed by atoms with Crippen molar-refractivity contribution in [3.63, 3.8) is 0 Å². The fourth-order valence-electron chi connectivity index (χ4n) is 6.05. The molecular weight excluding hydrogens is 635 g/mol. The van der Waals surface area contributed by atoms with Crippen molar-refractivity contribution in [2.75, 3.05) is 25.5 Å². The van der Waals surface area contributed by atoms with Gasteiger partial charge in [-0.15, -0.1) is 0 Å². The molecule has 0 aliphatic carbocycles. The first-order valence-corrected chi connectivity index (χ1v) is 16.4. The summed E-state index contributed by atoms with van der Waals surface area (Å²) in [6.07, 6.45) is 5.93. The number of hydrogen-bond acceptors (Lipinski definition) is 9. The number of ether oxygens (including phenoxy) is 1. The van der Waals surface area contributed by atoms with Crippen LogP contribution in [0.4, 0.5) is 15.9 Å². The van der Waals surface area contributed by atoms with Gasteiger partial charge in [0.15, 0.2) is 11.6 Å². The third-order valence-corrected chi connectivity index (χ3v) is 9.07. The minimum Gasteiger partial charge on any atom is -0.481 e. The number of anilines is 2. The Bertz CT molecular complexity index is 1820. The topological polar surface area (TPSA) is 142 Å². The molecule has 13 heteroatoms. The molecule has 2 atom stereocenters. The van der Waals surface area contributed by atoms with Crippen molar-refractivity contribution in [1.29, 1.82) is 0 Å². The summed E-state index contributed by atoms with van der Waals surface area (Å²) >= 11 is 7.00. The summed E-state index contributed by atoms with van der Waals surface area (Å²) in [4.78, 5) is 36.6. The molecule has 2 aliphatic heterocycles. The number of benzene rings is 1. The van der Waals surface area contributed by atoms with Gasteiger partial charge in [-0.05, 0) is 49.6 Å². The molecule has 0 saturated carbocycles. The number of aromatic nitrogens is 3. The number of carbonyl (C=O) groups is 2. The quantitative estimate of drug-likeness (QED) is 0.135. The smallest absolute Gasteiger partial charge is 0.220 e. The second kappa shape index (κ2) is 15.1. The largest absolute Gasteiger partial charge is 0.481 e. The molecule has 5 N–H and O–H groups in total. The van der Waals surface area contributed by atoms with Crippen molar-refractivity contribution in [3.8, 4) is 28.4 Å². The van der Waals surface area contributed by atoms with Gasteiger partial charge in [-0.3, -0.25) is 14.6 Å². The fraction of sp³-hybridized carbons (Fsp3) is 0.343. The average molecular weight is 673 g/mol. The second-order valence-electron chi connectivity index (χ2n) is 12.0. The SMILES string of the molecule is COc1nc(-c2ccnc(-c3cccc(Nc4nccc(CNC[C@@H]5CCC(=O)N5)c4F)c3C)c2Cl)ccc1CNC[C@H]1CCC(=O)N1. The Hall–Kier alpha value is -4.65. The molecule has 4 aromatic rings. The minimum atomic E-state index is -0.451. The number of carbonyl (C=O) groups excluding carboxylic acids is 2. The molecule has 3 aromatic heterocycles. The Morgan fingerprint density at radius 3 is 2.25 bits per heavy atom. The Balaban J connectivity index is 1.17. The molecule has 5 heterocycles. The molecule has 2 saturated heterocycles. The van der Waals surface area contributed by atoms with E-state index in [0.29, 0.717) is 78.1 Å². The monoisotopic (exact) mass is 672 g/mol. The van der Waals surface area contributed by atoms with Crippen LogP contribution in [0.3, 0.4) is 0 Å². The number of halogens is 2. The summed E-state index contributed by atoms with van der Waals surface area (Å²) in [5.41, 5.74) is 5.48. The van der Waals surface area contributed by atoms with E-state index in [9.17, 15) is 9.59 Å². The standard InChI is InChI=1S/C35H38ClFN8O3/c1-20-25(4-3-5-27(20)44-34-32(37)21(12-14-41-34)16-38-18-23-7-10-29(46)42-23)33-31(36)26(13-15-40-33)28-9-6-22(35(45-28)48-2)17-39-19-24-8-11-30(47)43-24/h3-6,9,12-15,23-24,38-39H,7-8,10-11,16-19H2,1-2H3,(H,41,44)(H,42,46)(H,43,47)/t23-,24+/m0/s1. The van der Waals surface area contributed by atoms with Crippen molar-refractivity contribution in [1.82, 2.24) is 36.2 Å². The average Bonchev–Trinajstić information content (AvgIpc) is 3.70. The Morgan fingerprint density at radius 2 is 1.58 bits per heavy atom. The minimum absolute atomic E-state index is 0.0489. The summed E-state index contributed by atoms with van der Waals surface area (Å²) in [6, 6.07) is 13.1. The van der Waals surface area contributed by atoms with E-state index in [1.807, 2.05) is 43.3 Å². The van der Waals surface area contributed by atoms with Gasteiger partial charge < -0.3 is 31.3 Å². The van der Waals surface area contributed by atoms with E-state index >= 15 is 4.39 Å². The first-order valence-electron chi connectivity index (χ1n) is 16.0. The molecule has 48 heavy (non-hydrogen) atoms. The van der Waals surface area contributed by atoms with Crippen molar-refractivity contribution in [2.24, 2.45) is 0 Å². The molecule has 2 fully saturated rings. The Kier molecular flexibility index (Phi) is 10.4. The molecular formula is C35H38ClFN8O3. The van der Waals surface area contributed by atoms with Crippen molar-refractivity contribution in [3.05, 3.63) is 82.4 Å². The summed E-state index contributed by atoms with van der Waals surface area (Å²) in [6.45, 7) is 3.98. The molecule has 6 rings (SSSR count). The molecule has 0 unspecified atom stereocenters. The normalized spacial score (nSPS) is 17.3. The summed E-state index contributed by atoms with van der Waals surface area (Å²) in [5, 5.41) is 16.1. The van der Waals surface area contributed by atoms with Gasteiger partial charge >= 0.3 is 0 Å². The van der Waals surface area contributed by atoms with Crippen LogP contribution in [0.15, 0.2) is 54.9 Å². The number of pyridine rings is 3. The van der Waals surface area contributed by atoms with Gasteiger partial charge in [-0.25, -0.2) is 14.4 Å². The van der Waals surface area contributed by atoms with E-state index in [1.165, 1.54) is 0 Å². The third kappa shape index (κ3) is 7.56. The van der Waals surface area contributed by atoms with Crippen LogP contribution in [0.1, 0.15) is 42.4 Å². The predicted molar refractivity (Wildman–Crippen MR) is 182 cm³/mol. The maximum Gasteiger partial charge on any atom is 0.220 e. The summed E-state index contributed by atoms with van der Waals surface area (Å²) in [7, 11) is 1.58. The van der Waals surface area contributed by atoms with Crippen LogP contribution in [-0.2, 0) is 22.7 Å². The molecule has 11 nitrogen and oxygen atoms in total. The van der Waals surface area contributed by atoms with Gasteiger partial charge in [-0.2, -0.15) is 0 Å². The maximum atomic E-state index is 15.5. The third-order valence-electron chi connectivity index (χ3n) is 8.69. The van der Waals surface area contributed by atoms with Crippen LogP contribution < -0.4 is 31.3 Å². The van der Waals surface area contributed by atoms with E-state index in [2.05, 4.69) is 36.6 Å². The van der Waals surface area contributed by atoms with Gasteiger partial charge in [-0.1, -0.05) is 29.8 Å². The van der Waals surface area contributed by atoms with E-state index in [1.54, 1.807) is 25.6 Å². The van der Waals surface area contributed by atoms with E-state index in [4.69, 9.17) is 21.3 Å². The van der Waals surface area contributed by atoms with Gasteiger partial charge in [0.25, 0.3) is 0 Å². The number of methoxy groups -OCH3 is 1. The van der Waals surface area contributed by atoms with Crippen LogP contribution in [-0.4, -0.2) is 59.0 Å². The lowest BCUT2D eigenvalue weighted by molar-refractivity contribution is -0.120. The van der Waals surface area contributed by atoms with Gasteiger partial charge in [0.2, 0.25) is 17.7 Å². The van der Waals surface area contributed by atoms with Gasteiger partial charge in [0.05, 0.1) is 23.5 Å². The number of rotatable bonds is 13. The lowest BCUT2D eigenvalue weighted by Crippen LogP contribution is -2.35. The van der Waals surface area contributed by atoms with Crippen molar-refractivity contribution >= 4 is 34.9 Å². The number of nitrogens with one attached hydrogen (secondary N) is 5. The van der Waals surface area contributed by atoms with Crippen LogP contribution in [0.25, 0.3) is 22.5 Å². The number of nitrogens with zero attached hydrogens (tertiary/aromatic N) is 3. The summed E-state index contributed by atoms with van der Waals surface area (Å²) in [5.74, 6) is 0.269. The highest BCUT2D eigenvalue weighted by Crippen LogP contribution is 2.38. The van der Waals surface area contributed by atoms with Crippen LogP contribution >= 0.6 is 11.6 Å². The first-order chi connectivity index (χ1) is 23.3. The molecule has 0 spiro atoms. The van der Waals surface area contributed by atoms with Crippen LogP contribution in [0.5, 0.6) is 5.88 Å². The van der Waals surface area contributed by atoms with Gasteiger partial charge in [0.1, 0.15) is 0 Å². The molecule has 2 aliphatic rings. The van der Waals surface area contributed by atoms with Crippen molar-refractivity contribution < 1.29 is 18.7 Å². The van der Waals surface area contributed by atoms with Gasteiger partial charge in [0, 0.05) is 91.4 Å². The molecule has 1 aromatic carbocycles. The molecule has 250 valence electrons. The molecule has 2 amide bonds. The van der Waals surface area contributed by atoms with E-state index in [0.717, 1.165) is 29.5 Å². The Morgan fingerprint density at radius 1 is 0.896 bits per heavy atom. The van der Waals surface area contributed by atoms with E-state index in [-0.39, 0.29) is 29.7 Å². The highest BCUT2D eigenvalue weighted by atomic mass is 35.5. The zero-order valence-electron chi connectivity index (χ0n) is 26.8. The number of amides is 2. The second-order valence-corrected chi connectivity index (χ2v) is 12.4. The van der Waals surface area contributed by atoms with Crippen LogP contribution in [0, 0.1) is 12.7 Å². The maximum absolute atomic E-state index is 15.5. The zero-order chi connectivity index (χ0) is 33.6. The highest BCUT2D eigenvalue weighted by Gasteiger charge is 2.22. The van der Waals surface area contributed by atoms with Crippen molar-refractivity contribution in [2.45, 2.75) is 57.8 Å². The predicted octanol–water partition coefficient (Wildman–Crippen LogP) is 4.80. The Labute approximate surface area is 283 Å². The first kappa shape index (κ1) is 33.3.